The lowest BCUT2D eigenvalue weighted by molar-refractivity contribution is 0.103. The van der Waals surface area contributed by atoms with Crippen LogP contribution in [0.1, 0.15) is 33.9 Å². The Morgan fingerprint density at radius 3 is 2.70 bits per heavy atom. The standard InChI is InChI=1S/C20H20BClN6OS/c1-11-7-13(21)8-14(22)18(11)27-19(29)15-10-23-20(30-15)26-16-9-17(25-12(2)24-16)28-5-3-4-6-28/h7-10H,3-6H2,1-2H3,(H,27,29)(H,23,24,25,26). The number of thiazole rings is 1. The predicted octanol–water partition coefficient (Wildman–Crippen LogP) is 3.59. The maximum absolute atomic E-state index is 12.7. The molecule has 152 valence electrons. The number of amides is 1. The molecule has 3 heterocycles. The normalized spacial score (nSPS) is 13.5. The fourth-order valence-corrected chi connectivity index (χ4v) is 4.42. The van der Waals surface area contributed by atoms with Gasteiger partial charge in [0.15, 0.2) is 5.13 Å². The summed E-state index contributed by atoms with van der Waals surface area (Å²) in [6.07, 6.45) is 3.88. The van der Waals surface area contributed by atoms with Crippen molar-refractivity contribution in [3.63, 3.8) is 0 Å². The highest BCUT2D eigenvalue weighted by molar-refractivity contribution is 7.17. The number of carbonyl (C=O) groups is 1. The zero-order valence-corrected chi connectivity index (χ0v) is 18.3. The van der Waals surface area contributed by atoms with E-state index in [0.29, 0.717) is 37.8 Å². The SMILES string of the molecule is [B]c1cc(C)c(NC(=O)c2cnc(Nc3cc(N4CCCC4)nc(C)n3)s2)c(Cl)c1. The van der Waals surface area contributed by atoms with Crippen LogP contribution in [0.25, 0.3) is 0 Å². The van der Waals surface area contributed by atoms with Gasteiger partial charge in [-0.2, -0.15) is 0 Å². The van der Waals surface area contributed by atoms with Gasteiger partial charge in [-0.25, -0.2) is 15.0 Å². The molecule has 2 N–H and O–H groups in total. The number of halogens is 1. The molecule has 1 saturated heterocycles. The molecule has 0 aliphatic carbocycles. The number of benzene rings is 1. The molecule has 1 fully saturated rings. The Balaban J connectivity index is 1.49. The highest BCUT2D eigenvalue weighted by atomic mass is 35.5. The van der Waals surface area contributed by atoms with Gasteiger partial charge in [-0.05, 0) is 38.3 Å². The third-order valence-electron chi connectivity index (χ3n) is 4.77. The first-order valence-electron chi connectivity index (χ1n) is 9.59. The minimum Gasteiger partial charge on any atom is -0.356 e. The highest BCUT2D eigenvalue weighted by Crippen LogP contribution is 2.28. The molecular formula is C20H20BClN6OS. The summed E-state index contributed by atoms with van der Waals surface area (Å²) in [7, 11) is 5.78. The second-order valence-electron chi connectivity index (χ2n) is 7.16. The Morgan fingerprint density at radius 2 is 1.97 bits per heavy atom. The summed E-state index contributed by atoms with van der Waals surface area (Å²) >= 11 is 7.46. The smallest absolute Gasteiger partial charge is 0.267 e. The molecule has 2 radical (unpaired) electrons. The van der Waals surface area contributed by atoms with Crippen molar-refractivity contribution in [1.29, 1.82) is 0 Å². The van der Waals surface area contributed by atoms with E-state index in [4.69, 9.17) is 19.4 Å². The Labute approximate surface area is 185 Å². The van der Waals surface area contributed by atoms with Crippen molar-refractivity contribution >= 4 is 64.6 Å². The lowest BCUT2D eigenvalue weighted by Gasteiger charge is -2.17. The summed E-state index contributed by atoms with van der Waals surface area (Å²) in [6, 6.07) is 5.28. The van der Waals surface area contributed by atoms with Gasteiger partial charge in [-0.1, -0.05) is 34.5 Å². The van der Waals surface area contributed by atoms with E-state index < -0.39 is 0 Å². The third-order valence-corrected chi connectivity index (χ3v) is 5.98. The lowest BCUT2D eigenvalue weighted by atomic mass is 9.94. The van der Waals surface area contributed by atoms with Crippen LogP contribution < -0.4 is 21.0 Å². The van der Waals surface area contributed by atoms with Crippen molar-refractivity contribution in [3.8, 4) is 0 Å². The number of hydrogen-bond acceptors (Lipinski definition) is 7. The van der Waals surface area contributed by atoms with Crippen molar-refractivity contribution < 1.29 is 4.79 Å². The Kier molecular flexibility index (Phi) is 5.92. The third kappa shape index (κ3) is 4.57. The van der Waals surface area contributed by atoms with E-state index in [9.17, 15) is 4.79 Å². The fraction of sp³-hybridized carbons (Fsp3) is 0.300. The second kappa shape index (κ2) is 8.61. The molecule has 1 amide bonds. The van der Waals surface area contributed by atoms with Crippen LogP contribution in [0.15, 0.2) is 24.4 Å². The monoisotopic (exact) mass is 438 g/mol. The number of hydrogen-bond donors (Lipinski definition) is 2. The Bertz CT molecular complexity index is 1080. The first-order chi connectivity index (χ1) is 14.4. The zero-order chi connectivity index (χ0) is 21.3. The van der Waals surface area contributed by atoms with Gasteiger partial charge in [0.2, 0.25) is 0 Å². The first kappa shape index (κ1) is 20.6. The van der Waals surface area contributed by atoms with E-state index in [2.05, 4.69) is 30.5 Å². The van der Waals surface area contributed by atoms with E-state index in [1.54, 1.807) is 12.1 Å². The molecule has 1 aromatic carbocycles. The van der Waals surface area contributed by atoms with E-state index >= 15 is 0 Å². The zero-order valence-electron chi connectivity index (χ0n) is 16.7. The summed E-state index contributed by atoms with van der Waals surface area (Å²) < 4.78 is 0. The molecule has 0 spiro atoms. The lowest BCUT2D eigenvalue weighted by Crippen LogP contribution is -2.19. The number of nitrogens with one attached hydrogen (secondary N) is 2. The summed E-state index contributed by atoms with van der Waals surface area (Å²) in [5, 5.41) is 7.00. The number of nitrogens with zero attached hydrogens (tertiary/aromatic N) is 4. The molecule has 0 bridgehead atoms. The van der Waals surface area contributed by atoms with Gasteiger partial charge < -0.3 is 15.5 Å². The van der Waals surface area contributed by atoms with Crippen LogP contribution in [0, 0.1) is 13.8 Å². The Hall–Kier alpha value is -2.65. The van der Waals surface area contributed by atoms with E-state index in [0.717, 1.165) is 24.5 Å². The minimum absolute atomic E-state index is 0.285. The molecule has 7 nitrogen and oxygen atoms in total. The molecule has 2 aromatic heterocycles. The minimum atomic E-state index is -0.285. The second-order valence-corrected chi connectivity index (χ2v) is 8.59. The van der Waals surface area contributed by atoms with Crippen LogP contribution in [0.5, 0.6) is 0 Å². The molecule has 4 rings (SSSR count). The predicted molar refractivity (Wildman–Crippen MR) is 123 cm³/mol. The summed E-state index contributed by atoms with van der Waals surface area (Å²) in [5.74, 6) is 1.96. The number of aryl methyl sites for hydroxylation is 2. The quantitative estimate of drug-likeness (QED) is 0.592. The van der Waals surface area contributed by atoms with E-state index in [-0.39, 0.29) is 5.91 Å². The van der Waals surface area contributed by atoms with Crippen LogP contribution in [0.2, 0.25) is 5.02 Å². The van der Waals surface area contributed by atoms with Crippen LogP contribution >= 0.6 is 22.9 Å². The van der Waals surface area contributed by atoms with Crippen molar-refractivity contribution in [2.45, 2.75) is 26.7 Å². The van der Waals surface area contributed by atoms with Gasteiger partial charge >= 0.3 is 0 Å². The van der Waals surface area contributed by atoms with Gasteiger partial charge in [0.1, 0.15) is 30.2 Å². The van der Waals surface area contributed by atoms with Gasteiger partial charge in [0.05, 0.1) is 16.9 Å². The van der Waals surface area contributed by atoms with Crippen LogP contribution in [0.3, 0.4) is 0 Å². The number of rotatable bonds is 5. The Morgan fingerprint density at radius 1 is 1.20 bits per heavy atom. The highest BCUT2D eigenvalue weighted by Gasteiger charge is 2.17. The molecular weight excluding hydrogens is 419 g/mol. The van der Waals surface area contributed by atoms with Gasteiger partial charge in [0.25, 0.3) is 5.91 Å². The van der Waals surface area contributed by atoms with Crippen molar-refractivity contribution in [2.24, 2.45) is 0 Å². The molecule has 3 aromatic rings. The van der Waals surface area contributed by atoms with E-state index in [1.807, 2.05) is 19.9 Å². The molecule has 1 aliphatic rings. The first-order valence-corrected chi connectivity index (χ1v) is 10.8. The topological polar surface area (TPSA) is 83.0 Å². The van der Waals surface area contributed by atoms with Gasteiger partial charge in [-0.15, -0.1) is 0 Å². The van der Waals surface area contributed by atoms with Gasteiger partial charge in [0, 0.05) is 19.2 Å². The van der Waals surface area contributed by atoms with E-state index in [1.165, 1.54) is 30.4 Å². The molecule has 0 atom stereocenters. The molecule has 0 unspecified atom stereocenters. The average Bonchev–Trinajstić information content (AvgIpc) is 3.36. The van der Waals surface area contributed by atoms with Gasteiger partial charge in [-0.3, -0.25) is 4.79 Å². The van der Waals surface area contributed by atoms with Crippen molar-refractivity contribution in [3.05, 3.63) is 45.7 Å². The molecule has 10 heteroatoms. The van der Waals surface area contributed by atoms with Crippen LogP contribution in [-0.2, 0) is 0 Å². The molecule has 0 saturated carbocycles. The number of aromatic nitrogens is 3. The summed E-state index contributed by atoms with van der Waals surface area (Å²) in [6.45, 7) is 5.71. The average molecular weight is 439 g/mol. The van der Waals surface area contributed by atoms with Crippen molar-refractivity contribution in [1.82, 2.24) is 15.0 Å². The maximum Gasteiger partial charge on any atom is 0.267 e. The van der Waals surface area contributed by atoms with Crippen molar-refractivity contribution in [2.75, 3.05) is 28.6 Å². The number of carbonyl (C=O) groups excluding carboxylic acids is 1. The maximum atomic E-state index is 12.7. The fourth-order valence-electron chi connectivity index (χ4n) is 3.37. The molecule has 30 heavy (non-hydrogen) atoms. The number of anilines is 4. The molecule has 1 aliphatic heterocycles. The summed E-state index contributed by atoms with van der Waals surface area (Å²) in [4.78, 5) is 28.6. The van der Waals surface area contributed by atoms with Crippen LogP contribution in [-0.4, -0.2) is 41.8 Å². The van der Waals surface area contributed by atoms with Crippen LogP contribution in [0.4, 0.5) is 22.5 Å². The summed E-state index contributed by atoms with van der Waals surface area (Å²) in [5.41, 5.74) is 1.88. The largest absolute Gasteiger partial charge is 0.356 e.